The van der Waals surface area contributed by atoms with E-state index in [2.05, 4.69) is 26.6 Å². The molecule has 210 valence electrons. The van der Waals surface area contributed by atoms with Crippen LogP contribution in [-0.4, -0.2) is 65.4 Å². The van der Waals surface area contributed by atoms with Crippen LogP contribution in [0.4, 0.5) is 0 Å². The predicted octanol–water partition coefficient (Wildman–Crippen LogP) is 5.22. The molecule has 2 aromatic heterocycles. The molecular formula is C30H33BrClN5O3. The number of pyridine rings is 1. The topological polar surface area (TPSA) is 88.0 Å². The van der Waals surface area contributed by atoms with Crippen LogP contribution in [0.2, 0.25) is 5.02 Å². The fraction of sp³-hybridized carbons (Fsp3) is 0.300. The number of aromatic nitrogens is 2. The number of fused-ring (bicyclic) bond motifs is 1. The standard InChI is InChI=1S/C30H33BrClN5O3/c1-19(2)40-27-12-11-22(15-25(27)32)30(39)34-23(16-33-28(38)18-36(3)4)14-20-7-9-21(10-8-20)26-17-37-13-5-6-24(31)29(37)35-26/h5-13,15,17,19,23H,14,16,18H2,1-4H3,(H,33,38)(H,34,39). The van der Waals surface area contributed by atoms with Crippen LogP contribution in [-0.2, 0) is 11.2 Å². The number of halogens is 2. The average Bonchev–Trinajstić information content (AvgIpc) is 3.34. The minimum absolute atomic E-state index is 0.0340. The Balaban J connectivity index is 1.49. The summed E-state index contributed by atoms with van der Waals surface area (Å²) in [6.45, 7) is 4.37. The van der Waals surface area contributed by atoms with Crippen molar-refractivity contribution in [1.29, 1.82) is 0 Å². The van der Waals surface area contributed by atoms with E-state index in [0.29, 0.717) is 22.8 Å². The van der Waals surface area contributed by atoms with Gasteiger partial charge in [0, 0.05) is 30.1 Å². The molecule has 1 atom stereocenters. The maximum atomic E-state index is 13.2. The fourth-order valence-corrected chi connectivity index (χ4v) is 4.90. The third kappa shape index (κ3) is 7.84. The van der Waals surface area contributed by atoms with Crippen LogP contribution < -0.4 is 15.4 Å². The summed E-state index contributed by atoms with van der Waals surface area (Å²) in [7, 11) is 3.66. The molecule has 0 radical (unpaired) electrons. The molecular weight excluding hydrogens is 594 g/mol. The van der Waals surface area contributed by atoms with Crippen LogP contribution in [0.1, 0.15) is 29.8 Å². The van der Waals surface area contributed by atoms with Gasteiger partial charge in [-0.1, -0.05) is 35.9 Å². The van der Waals surface area contributed by atoms with Crippen molar-refractivity contribution in [2.75, 3.05) is 27.2 Å². The molecule has 0 aliphatic carbocycles. The number of carbonyl (C=O) groups excluding carboxylic acids is 2. The number of hydrogen-bond donors (Lipinski definition) is 2. The van der Waals surface area contributed by atoms with Crippen LogP contribution in [0.3, 0.4) is 0 Å². The van der Waals surface area contributed by atoms with E-state index in [0.717, 1.165) is 26.9 Å². The first-order valence-electron chi connectivity index (χ1n) is 13.0. The normalized spacial score (nSPS) is 12.1. The molecule has 0 saturated heterocycles. The Hall–Kier alpha value is -3.40. The minimum Gasteiger partial charge on any atom is -0.489 e. The van der Waals surface area contributed by atoms with Crippen LogP contribution >= 0.6 is 27.5 Å². The van der Waals surface area contributed by atoms with E-state index in [9.17, 15) is 9.59 Å². The number of nitrogens with one attached hydrogen (secondary N) is 2. The summed E-state index contributed by atoms with van der Waals surface area (Å²) in [6, 6.07) is 16.6. The summed E-state index contributed by atoms with van der Waals surface area (Å²) >= 11 is 9.91. The van der Waals surface area contributed by atoms with Crippen molar-refractivity contribution >= 4 is 45.0 Å². The first kappa shape index (κ1) is 29.6. The zero-order chi connectivity index (χ0) is 28.8. The smallest absolute Gasteiger partial charge is 0.251 e. The summed E-state index contributed by atoms with van der Waals surface area (Å²) in [6.07, 6.45) is 4.43. The van der Waals surface area contributed by atoms with Gasteiger partial charge in [0.25, 0.3) is 5.91 Å². The van der Waals surface area contributed by atoms with Gasteiger partial charge in [0.05, 0.1) is 33.9 Å². The van der Waals surface area contributed by atoms with Crippen LogP contribution in [0.5, 0.6) is 5.75 Å². The molecule has 2 heterocycles. The molecule has 4 aromatic rings. The van der Waals surface area contributed by atoms with Crippen molar-refractivity contribution < 1.29 is 14.3 Å². The van der Waals surface area contributed by atoms with E-state index in [1.807, 2.05) is 81.1 Å². The maximum Gasteiger partial charge on any atom is 0.251 e. The number of hydrogen-bond acceptors (Lipinski definition) is 5. The van der Waals surface area contributed by atoms with Crippen LogP contribution in [0.15, 0.2) is 71.5 Å². The van der Waals surface area contributed by atoms with E-state index in [1.165, 1.54) is 0 Å². The van der Waals surface area contributed by atoms with E-state index in [4.69, 9.17) is 21.3 Å². The summed E-state index contributed by atoms with van der Waals surface area (Å²) in [5.41, 5.74) is 4.12. The molecule has 0 aliphatic heterocycles. The number of carbonyl (C=O) groups is 2. The Morgan fingerprint density at radius 3 is 2.52 bits per heavy atom. The second-order valence-electron chi connectivity index (χ2n) is 10.1. The molecule has 10 heteroatoms. The van der Waals surface area contributed by atoms with Crippen LogP contribution in [0.25, 0.3) is 16.9 Å². The summed E-state index contributed by atoms with van der Waals surface area (Å²) < 4.78 is 8.58. The molecule has 2 N–H and O–H groups in total. The minimum atomic E-state index is -0.346. The maximum absolute atomic E-state index is 13.2. The lowest BCUT2D eigenvalue weighted by Gasteiger charge is -2.21. The number of ether oxygens (including phenoxy) is 1. The number of amides is 2. The first-order chi connectivity index (χ1) is 19.1. The highest BCUT2D eigenvalue weighted by molar-refractivity contribution is 9.10. The molecule has 0 bridgehead atoms. The van der Waals surface area contributed by atoms with E-state index < -0.39 is 0 Å². The van der Waals surface area contributed by atoms with Gasteiger partial charge in [0.15, 0.2) is 5.65 Å². The van der Waals surface area contributed by atoms with Gasteiger partial charge in [0.1, 0.15) is 5.75 Å². The number of nitrogens with zero attached hydrogens (tertiary/aromatic N) is 3. The van der Waals surface area contributed by atoms with Crippen molar-refractivity contribution in [2.24, 2.45) is 0 Å². The van der Waals surface area contributed by atoms with Gasteiger partial charge < -0.3 is 24.7 Å². The first-order valence-corrected chi connectivity index (χ1v) is 14.2. The lowest BCUT2D eigenvalue weighted by atomic mass is 10.0. The molecule has 0 fully saturated rings. The van der Waals surface area contributed by atoms with Gasteiger partial charge in [-0.25, -0.2) is 4.98 Å². The van der Waals surface area contributed by atoms with Gasteiger partial charge in [-0.05, 0) is 86.2 Å². The zero-order valence-corrected chi connectivity index (χ0v) is 25.3. The number of rotatable bonds is 11. The average molecular weight is 627 g/mol. The lowest BCUT2D eigenvalue weighted by molar-refractivity contribution is -0.121. The molecule has 0 spiro atoms. The predicted molar refractivity (Wildman–Crippen MR) is 162 cm³/mol. The molecule has 0 saturated carbocycles. The van der Waals surface area contributed by atoms with Crippen molar-refractivity contribution in [2.45, 2.75) is 32.4 Å². The van der Waals surface area contributed by atoms with E-state index in [-0.39, 0.29) is 37.0 Å². The van der Waals surface area contributed by atoms with Gasteiger partial charge in [0.2, 0.25) is 5.91 Å². The Morgan fingerprint density at radius 1 is 1.12 bits per heavy atom. The van der Waals surface area contributed by atoms with Crippen LogP contribution in [0, 0.1) is 0 Å². The highest BCUT2D eigenvalue weighted by Gasteiger charge is 2.18. The second kappa shape index (κ2) is 13.3. The summed E-state index contributed by atoms with van der Waals surface area (Å²) in [5.74, 6) is 0.131. The van der Waals surface area contributed by atoms with Crippen molar-refractivity contribution in [3.8, 4) is 17.0 Å². The third-order valence-electron chi connectivity index (χ3n) is 6.06. The Bertz CT molecular complexity index is 1490. The summed E-state index contributed by atoms with van der Waals surface area (Å²) in [5, 5.41) is 6.36. The lowest BCUT2D eigenvalue weighted by Crippen LogP contribution is -2.46. The highest BCUT2D eigenvalue weighted by atomic mass is 79.9. The van der Waals surface area contributed by atoms with E-state index in [1.54, 1.807) is 23.1 Å². The molecule has 8 nitrogen and oxygen atoms in total. The van der Waals surface area contributed by atoms with Crippen molar-refractivity contribution in [1.82, 2.24) is 24.9 Å². The van der Waals surface area contributed by atoms with Gasteiger partial charge in [-0.2, -0.15) is 0 Å². The Morgan fingerprint density at radius 2 is 1.88 bits per heavy atom. The van der Waals surface area contributed by atoms with Crippen molar-refractivity contribution in [3.05, 3.63) is 87.6 Å². The quantitative estimate of drug-likeness (QED) is 0.238. The monoisotopic (exact) mass is 625 g/mol. The Labute approximate surface area is 247 Å². The van der Waals surface area contributed by atoms with Gasteiger partial charge >= 0.3 is 0 Å². The highest BCUT2D eigenvalue weighted by Crippen LogP contribution is 2.27. The number of likely N-dealkylation sites (N-methyl/N-ethyl adjacent to an activating group) is 1. The Kier molecular flexibility index (Phi) is 9.84. The number of imidazole rings is 1. The molecule has 40 heavy (non-hydrogen) atoms. The molecule has 2 amide bonds. The fourth-order valence-electron chi connectivity index (χ4n) is 4.23. The van der Waals surface area contributed by atoms with Gasteiger partial charge in [-0.15, -0.1) is 0 Å². The largest absolute Gasteiger partial charge is 0.489 e. The third-order valence-corrected chi connectivity index (χ3v) is 6.98. The SMILES string of the molecule is CC(C)Oc1ccc(C(=O)NC(CNC(=O)CN(C)C)Cc2ccc(-c3cn4cccc(Br)c4n3)cc2)cc1Cl. The summed E-state index contributed by atoms with van der Waals surface area (Å²) in [4.78, 5) is 32.0. The number of benzene rings is 2. The van der Waals surface area contributed by atoms with Gasteiger partial charge in [-0.3, -0.25) is 9.59 Å². The van der Waals surface area contributed by atoms with E-state index >= 15 is 0 Å². The zero-order valence-electron chi connectivity index (χ0n) is 22.9. The molecule has 2 aromatic carbocycles. The molecule has 1 unspecified atom stereocenters. The van der Waals surface area contributed by atoms with Crippen molar-refractivity contribution in [3.63, 3.8) is 0 Å². The molecule has 4 rings (SSSR count). The second-order valence-corrected chi connectivity index (χ2v) is 11.4. The molecule has 0 aliphatic rings.